The summed E-state index contributed by atoms with van der Waals surface area (Å²) in [6.45, 7) is 8.90. The molecule has 0 amide bonds. The second kappa shape index (κ2) is 6.01. The van der Waals surface area contributed by atoms with E-state index >= 15 is 0 Å². The molecule has 4 nitrogen and oxygen atoms in total. The molecule has 0 unspecified atom stereocenters. The minimum absolute atomic E-state index is 0.462. The van der Waals surface area contributed by atoms with Crippen LogP contribution in [0, 0.1) is 6.92 Å². The zero-order valence-corrected chi connectivity index (χ0v) is 9.29. The van der Waals surface area contributed by atoms with Crippen molar-refractivity contribution >= 4 is 5.82 Å². The van der Waals surface area contributed by atoms with Gasteiger partial charge in [-0.1, -0.05) is 19.6 Å². The van der Waals surface area contributed by atoms with E-state index in [1.54, 1.807) is 12.1 Å². The molecule has 0 saturated heterocycles. The number of aromatic nitrogens is 2. The number of ether oxygens (including phenoxy) is 1. The van der Waals surface area contributed by atoms with Gasteiger partial charge in [0.2, 0.25) is 5.88 Å². The fraction of sp³-hybridized carbons (Fsp3) is 0.455. The van der Waals surface area contributed by atoms with Crippen LogP contribution < -0.4 is 10.1 Å². The Balaban J connectivity index is 2.70. The third-order valence-corrected chi connectivity index (χ3v) is 1.72. The predicted octanol–water partition coefficient (Wildman–Crippen LogP) is 2.17. The SMILES string of the molecule is C=CCOc1cc(NCCC)nc(C)n1. The first-order chi connectivity index (χ1) is 7.26. The number of aryl methyl sites for hydroxylation is 1. The van der Waals surface area contributed by atoms with Crippen molar-refractivity contribution in [2.24, 2.45) is 0 Å². The highest BCUT2D eigenvalue weighted by Crippen LogP contribution is 2.13. The molecule has 15 heavy (non-hydrogen) atoms. The van der Waals surface area contributed by atoms with Crippen LogP contribution in [0.15, 0.2) is 18.7 Å². The molecule has 1 N–H and O–H groups in total. The van der Waals surface area contributed by atoms with Crippen molar-refractivity contribution in [3.63, 3.8) is 0 Å². The summed E-state index contributed by atoms with van der Waals surface area (Å²) >= 11 is 0. The third-order valence-electron chi connectivity index (χ3n) is 1.72. The summed E-state index contributed by atoms with van der Waals surface area (Å²) < 4.78 is 5.35. The second-order valence-electron chi connectivity index (χ2n) is 3.17. The molecule has 4 heteroatoms. The molecule has 1 aromatic heterocycles. The van der Waals surface area contributed by atoms with Crippen LogP contribution in [-0.4, -0.2) is 23.1 Å². The molecule has 0 aliphatic heterocycles. The van der Waals surface area contributed by atoms with Gasteiger partial charge in [-0.05, 0) is 13.3 Å². The number of hydrogen-bond acceptors (Lipinski definition) is 4. The summed E-state index contributed by atoms with van der Waals surface area (Å²) in [5, 5.41) is 3.20. The van der Waals surface area contributed by atoms with E-state index in [4.69, 9.17) is 4.74 Å². The van der Waals surface area contributed by atoms with Gasteiger partial charge in [0.15, 0.2) is 0 Å². The monoisotopic (exact) mass is 207 g/mol. The molecule has 1 rings (SSSR count). The van der Waals surface area contributed by atoms with E-state index in [1.165, 1.54) is 0 Å². The van der Waals surface area contributed by atoms with Gasteiger partial charge in [-0.25, -0.2) is 4.98 Å². The van der Waals surface area contributed by atoms with E-state index in [2.05, 4.69) is 28.8 Å². The van der Waals surface area contributed by atoms with Crippen LogP contribution in [0.4, 0.5) is 5.82 Å². The standard InChI is InChI=1S/C11H17N3O/c1-4-6-12-10-8-11(15-7-5-2)14-9(3)13-10/h5,8H,2,4,6-7H2,1,3H3,(H,12,13,14). The van der Waals surface area contributed by atoms with E-state index in [9.17, 15) is 0 Å². The van der Waals surface area contributed by atoms with Crippen LogP contribution in [0.5, 0.6) is 5.88 Å². The van der Waals surface area contributed by atoms with Crippen molar-refractivity contribution in [2.45, 2.75) is 20.3 Å². The molecule has 0 aliphatic carbocycles. The molecule has 0 aromatic carbocycles. The third kappa shape index (κ3) is 3.97. The molecule has 0 bridgehead atoms. The van der Waals surface area contributed by atoms with E-state index in [1.807, 2.05) is 6.92 Å². The molecule has 0 fully saturated rings. The molecule has 0 radical (unpaired) electrons. The van der Waals surface area contributed by atoms with Gasteiger partial charge in [0.05, 0.1) is 0 Å². The van der Waals surface area contributed by atoms with Crippen molar-refractivity contribution in [3.8, 4) is 5.88 Å². The maximum atomic E-state index is 5.35. The van der Waals surface area contributed by atoms with Crippen LogP contribution in [-0.2, 0) is 0 Å². The lowest BCUT2D eigenvalue weighted by atomic mass is 10.4. The van der Waals surface area contributed by atoms with Gasteiger partial charge in [-0.3, -0.25) is 0 Å². The molecule has 1 heterocycles. The molecular formula is C11H17N3O. The van der Waals surface area contributed by atoms with Crippen LogP contribution in [0.2, 0.25) is 0 Å². The van der Waals surface area contributed by atoms with Gasteiger partial charge < -0.3 is 10.1 Å². The van der Waals surface area contributed by atoms with Gasteiger partial charge in [0.1, 0.15) is 18.2 Å². The Bertz CT molecular complexity index is 326. The normalized spacial score (nSPS) is 9.73. The van der Waals surface area contributed by atoms with E-state index < -0.39 is 0 Å². The fourth-order valence-corrected chi connectivity index (χ4v) is 1.10. The quantitative estimate of drug-likeness (QED) is 0.726. The molecular weight excluding hydrogens is 190 g/mol. The molecule has 82 valence electrons. The second-order valence-corrected chi connectivity index (χ2v) is 3.17. The lowest BCUT2D eigenvalue weighted by molar-refractivity contribution is 0.347. The summed E-state index contributed by atoms with van der Waals surface area (Å²) in [4.78, 5) is 8.41. The smallest absolute Gasteiger partial charge is 0.219 e. The van der Waals surface area contributed by atoms with Crippen molar-refractivity contribution < 1.29 is 4.74 Å². The number of hydrogen-bond donors (Lipinski definition) is 1. The van der Waals surface area contributed by atoms with Crippen LogP contribution >= 0.6 is 0 Å². The van der Waals surface area contributed by atoms with Crippen LogP contribution in [0.3, 0.4) is 0 Å². The predicted molar refractivity (Wildman–Crippen MR) is 61.2 cm³/mol. The first-order valence-corrected chi connectivity index (χ1v) is 5.09. The van der Waals surface area contributed by atoms with Gasteiger partial charge in [-0.15, -0.1) is 0 Å². The first kappa shape index (κ1) is 11.5. The zero-order chi connectivity index (χ0) is 11.1. The maximum absolute atomic E-state index is 5.35. The number of anilines is 1. The molecule has 0 saturated carbocycles. The molecule has 0 spiro atoms. The lowest BCUT2D eigenvalue weighted by Crippen LogP contribution is -2.05. The lowest BCUT2D eigenvalue weighted by Gasteiger charge is -2.07. The van der Waals surface area contributed by atoms with E-state index in [-0.39, 0.29) is 0 Å². The highest BCUT2D eigenvalue weighted by Gasteiger charge is 2.01. The van der Waals surface area contributed by atoms with Crippen molar-refractivity contribution in [1.29, 1.82) is 0 Å². The number of nitrogens with zero attached hydrogens (tertiary/aromatic N) is 2. The summed E-state index contributed by atoms with van der Waals surface area (Å²) in [7, 11) is 0. The average Bonchev–Trinajstić information content (AvgIpc) is 2.23. The molecule has 1 aromatic rings. The van der Waals surface area contributed by atoms with Gasteiger partial charge in [0.25, 0.3) is 0 Å². The Morgan fingerprint density at radius 1 is 1.53 bits per heavy atom. The minimum Gasteiger partial charge on any atom is -0.473 e. The highest BCUT2D eigenvalue weighted by atomic mass is 16.5. The Morgan fingerprint density at radius 2 is 2.33 bits per heavy atom. The van der Waals surface area contributed by atoms with Gasteiger partial charge in [-0.2, -0.15) is 4.98 Å². The van der Waals surface area contributed by atoms with Gasteiger partial charge in [0, 0.05) is 12.6 Å². The zero-order valence-electron chi connectivity index (χ0n) is 9.29. The van der Waals surface area contributed by atoms with Crippen molar-refractivity contribution in [2.75, 3.05) is 18.5 Å². The molecule has 0 aliphatic rings. The number of rotatable bonds is 6. The summed E-state index contributed by atoms with van der Waals surface area (Å²) in [5.41, 5.74) is 0. The van der Waals surface area contributed by atoms with E-state index in [0.29, 0.717) is 18.3 Å². The van der Waals surface area contributed by atoms with E-state index in [0.717, 1.165) is 18.8 Å². The fourth-order valence-electron chi connectivity index (χ4n) is 1.10. The minimum atomic E-state index is 0.462. The Kier molecular flexibility index (Phi) is 4.60. The largest absolute Gasteiger partial charge is 0.473 e. The Labute approximate surface area is 90.4 Å². The van der Waals surface area contributed by atoms with Gasteiger partial charge >= 0.3 is 0 Å². The molecule has 0 atom stereocenters. The van der Waals surface area contributed by atoms with Crippen LogP contribution in [0.1, 0.15) is 19.2 Å². The Morgan fingerprint density at radius 3 is 3.00 bits per heavy atom. The first-order valence-electron chi connectivity index (χ1n) is 5.09. The summed E-state index contributed by atoms with van der Waals surface area (Å²) in [5.74, 6) is 2.10. The highest BCUT2D eigenvalue weighted by molar-refractivity contribution is 5.38. The van der Waals surface area contributed by atoms with Crippen LogP contribution in [0.25, 0.3) is 0 Å². The Hall–Kier alpha value is -1.58. The topological polar surface area (TPSA) is 47.0 Å². The van der Waals surface area contributed by atoms with Crippen molar-refractivity contribution in [1.82, 2.24) is 9.97 Å². The summed E-state index contributed by atoms with van der Waals surface area (Å²) in [6, 6.07) is 1.80. The van der Waals surface area contributed by atoms with Crippen molar-refractivity contribution in [3.05, 3.63) is 24.5 Å². The summed E-state index contributed by atoms with van der Waals surface area (Å²) in [6.07, 6.45) is 2.75. The number of nitrogens with one attached hydrogen (secondary N) is 1. The average molecular weight is 207 g/mol. The maximum Gasteiger partial charge on any atom is 0.219 e.